The predicted molar refractivity (Wildman–Crippen MR) is 143 cm³/mol. The van der Waals surface area contributed by atoms with E-state index in [1.807, 2.05) is 77.3 Å². The molecule has 1 aliphatic heterocycles. The standard InChI is InChI=1S/C30H32N2O5/c1-31-18-23(21-8-6-7-9-24(21)31)30(33)32-13-12-20-16-28(36-4)29(37-5)17-22(20)25(32)14-19-10-11-26(34-2)27(15-19)35-3/h6-11,15-18,25H,12-14H2,1-5H3/t25-/m1/s1. The Kier molecular flexibility index (Phi) is 6.70. The summed E-state index contributed by atoms with van der Waals surface area (Å²) in [6.07, 6.45) is 3.28. The zero-order valence-corrected chi connectivity index (χ0v) is 21.9. The maximum atomic E-state index is 14.2. The summed E-state index contributed by atoms with van der Waals surface area (Å²) in [5.41, 5.74) is 5.00. The van der Waals surface area contributed by atoms with Gasteiger partial charge in [0, 0.05) is 30.7 Å². The first-order valence-electron chi connectivity index (χ1n) is 12.3. The fourth-order valence-electron chi connectivity index (χ4n) is 5.39. The number of hydrogen-bond acceptors (Lipinski definition) is 5. The molecule has 1 aromatic heterocycles. The molecule has 7 heteroatoms. The van der Waals surface area contributed by atoms with Crippen molar-refractivity contribution in [2.24, 2.45) is 7.05 Å². The van der Waals surface area contributed by atoms with Gasteiger partial charge in [-0.05, 0) is 59.9 Å². The Labute approximate surface area is 217 Å². The molecule has 0 radical (unpaired) electrons. The van der Waals surface area contributed by atoms with E-state index >= 15 is 0 Å². The van der Waals surface area contributed by atoms with Crippen LogP contribution in [0.25, 0.3) is 10.9 Å². The van der Waals surface area contributed by atoms with E-state index in [0.717, 1.165) is 34.0 Å². The molecule has 4 aromatic rings. The van der Waals surface area contributed by atoms with Gasteiger partial charge in [-0.2, -0.15) is 0 Å². The molecule has 1 aliphatic rings. The fraction of sp³-hybridized carbons (Fsp3) is 0.300. The normalized spacial score (nSPS) is 14.8. The number of aromatic nitrogens is 1. The maximum Gasteiger partial charge on any atom is 0.256 e. The number of hydrogen-bond donors (Lipinski definition) is 0. The number of aryl methyl sites for hydroxylation is 1. The van der Waals surface area contributed by atoms with Crippen LogP contribution in [0.3, 0.4) is 0 Å². The Bertz CT molecular complexity index is 1460. The second-order valence-electron chi connectivity index (χ2n) is 9.23. The van der Waals surface area contributed by atoms with Crippen molar-refractivity contribution in [2.75, 3.05) is 35.0 Å². The molecular formula is C30H32N2O5. The van der Waals surface area contributed by atoms with Crippen molar-refractivity contribution in [1.82, 2.24) is 9.47 Å². The molecule has 0 aliphatic carbocycles. The smallest absolute Gasteiger partial charge is 0.256 e. The number of carbonyl (C=O) groups is 1. The minimum atomic E-state index is -0.201. The van der Waals surface area contributed by atoms with Gasteiger partial charge in [0.25, 0.3) is 5.91 Å². The Balaban J connectivity index is 1.61. The first kappa shape index (κ1) is 24.6. The molecule has 0 fully saturated rings. The first-order chi connectivity index (χ1) is 18.0. The van der Waals surface area contributed by atoms with E-state index in [2.05, 4.69) is 0 Å². The number of rotatable bonds is 7. The van der Waals surface area contributed by atoms with Crippen LogP contribution in [0.5, 0.6) is 23.0 Å². The van der Waals surface area contributed by atoms with Crippen LogP contribution in [0.2, 0.25) is 0 Å². The van der Waals surface area contributed by atoms with Crippen molar-refractivity contribution in [2.45, 2.75) is 18.9 Å². The lowest BCUT2D eigenvalue weighted by molar-refractivity contribution is 0.0661. The van der Waals surface area contributed by atoms with E-state index in [1.165, 1.54) is 0 Å². The van der Waals surface area contributed by atoms with E-state index in [4.69, 9.17) is 18.9 Å². The van der Waals surface area contributed by atoms with E-state index in [1.54, 1.807) is 28.4 Å². The van der Waals surface area contributed by atoms with Crippen LogP contribution < -0.4 is 18.9 Å². The third kappa shape index (κ3) is 4.35. The first-order valence-corrected chi connectivity index (χ1v) is 12.3. The number of benzene rings is 3. The highest BCUT2D eigenvalue weighted by Crippen LogP contribution is 2.41. The molecule has 1 atom stereocenters. The van der Waals surface area contributed by atoms with Gasteiger partial charge in [-0.1, -0.05) is 24.3 Å². The van der Waals surface area contributed by atoms with E-state index < -0.39 is 0 Å². The quantitative estimate of drug-likeness (QED) is 0.349. The molecular weight excluding hydrogens is 468 g/mol. The Morgan fingerprint density at radius 3 is 2.27 bits per heavy atom. The highest BCUT2D eigenvalue weighted by Gasteiger charge is 2.34. The lowest BCUT2D eigenvalue weighted by atomic mass is 9.87. The second-order valence-corrected chi connectivity index (χ2v) is 9.23. The monoisotopic (exact) mass is 500 g/mol. The van der Waals surface area contributed by atoms with Crippen LogP contribution in [0.15, 0.2) is 60.8 Å². The minimum absolute atomic E-state index is 0.0164. The average Bonchev–Trinajstić information content (AvgIpc) is 3.28. The summed E-state index contributed by atoms with van der Waals surface area (Å²) in [4.78, 5) is 16.1. The minimum Gasteiger partial charge on any atom is -0.493 e. The molecule has 192 valence electrons. The third-order valence-electron chi connectivity index (χ3n) is 7.27. The molecule has 7 nitrogen and oxygen atoms in total. The Hall–Kier alpha value is -4.13. The molecule has 5 rings (SSSR count). The van der Waals surface area contributed by atoms with Crippen LogP contribution in [0.4, 0.5) is 0 Å². The fourth-order valence-corrected chi connectivity index (χ4v) is 5.39. The molecule has 3 aromatic carbocycles. The van der Waals surface area contributed by atoms with Gasteiger partial charge < -0.3 is 28.4 Å². The Morgan fingerprint density at radius 2 is 1.54 bits per heavy atom. The highest BCUT2D eigenvalue weighted by molar-refractivity contribution is 6.07. The van der Waals surface area contributed by atoms with E-state index in [-0.39, 0.29) is 11.9 Å². The van der Waals surface area contributed by atoms with Gasteiger partial charge in [0.15, 0.2) is 23.0 Å². The number of nitrogens with zero attached hydrogens (tertiary/aromatic N) is 2. The van der Waals surface area contributed by atoms with Crippen molar-refractivity contribution in [3.05, 3.63) is 83.0 Å². The van der Waals surface area contributed by atoms with Crippen LogP contribution in [-0.4, -0.2) is 50.4 Å². The topological polar surface area (TPSA) is 62.2 Å². The largest absolute Gasteiger partial charge is 0.493 e. The number of para-hydroxylation sites is 1. The van der Waals surface area contributed by atoms with Crippen LogP contribution in [-0.2, 0) is 19.9 Å². The highest BCUT2D eigenvalue weighted by atomic mass is 16.5. The summed E-state index contributed by atoms with van der Waals surface area (Å²) in [6.45, 7) is 0.600. The zero-order valence-electron chi connectivity index (χ0n) is 21.9. The molecule has 0 bridgehead atoms. The molecule has 0 saturated heterocycles. The van der Waals surface area contributed by atoms with E-state index in [0.29, 0.717) is 41.5 Å². The van der Waals surface area contributed by atoms with Crippen LogP contribution in [0.1, 0.15) is 33.1 Å². The molecule has 0 unspecified atom stereocenters. The van der Waals surface area contributed by atoms with Crippen molar-refractivity contribution >= 4 is 16.8 Å². The zero-order chi connectivity index (χ0) is 26.1. The summed E-state index contributed by atoms with van der Waals surface area (Å²) >= 11 is 0. The van der Waals surface area contributed by atoms with E-state index in [9.17, 15) is 4.79 Å². The summed E-state index contributed by atoms with van der Waals surface area (Å²) in [5.74, 6) is 2.70. The van der Waals surface area contributed by atoms with Crippen LogP contribution >= 0.6 is 0 Å². The van der Waals surface area contributed by atoms with Gasteiger partial charge >= 0.3 is 0 Å². The Morgan fingerprint density at radius 1 is 0.865 bits per heavy atom. The lowest BCUT2D eigenvalue weighted by Crippen LogP contribution is -2.41. The number of ether oxygens (including phenoxy) is 4. The maximum absolute atomic E-state index is 14.2. The summed E-state index contributed by atoms with van der Waals surface area (Å²) < 4.78 is 24.2. The summed E-state index contributed by atoms with van der Waals surface area (Å²) in [7, 11) is 8.51. The van der Waals surface area contributed by atoms with Gasteiger partial charge in [-0.3, -0.25) is 4.79 Å². The second kappa shape index (κ2) is 10.1. The summed E-state index contributed by atoms with van der Waals surface area (Å²) in [5, 5.41) is 0.956. The lowest BCUT2D eigenvalue weighted by Gasteiger charge is -2.38. The summed E-state index contributed by atoms with van der Waals surface area (Å²) in [6, 6.07) is 17.8. The molecule has 37 heavy (non-hydrogen) atoms. The van der Waals surface area contributed by atoms with Crippen LogP contribution in [0, 0.1) is 0 Å². The van der Waals surface area contributed by atoms with Gasteiger partial charge in [0.05, 0.1) is 40.0 Å². The molecule has 0 spiro atoms. The van der Waals surface area contributed by atoms with Gasteiger partial charge in [-0.15, -0.1) is 0 Å². The van der Waals surface area contributed by atoms with Gasteiger partial charge in [-0.25, -0.2) is 0 Å². The molecule has 0 N–H and O–H groups in total. The number of fused-ring (bicyclic) bond motifs is 2. The number of amides is 1. The van der Waals surface area contributed by atoms with Gasteiger partial charge in [0.2, 0.25) is 0 Å². The van der Waals surface area contributed by atoms with Crippen molar-refractivity contribution < 1.29 is 23.7 Å². The molecule has 2 heterocycles. The molecule has 0 saturated carbocycles. The predicted octanol–water partition coefficient (Wildman–Crippen LogP) is 5.20. The number of methoxy groups -OCH3 is 4. The van der Waals surface area contributed by atoms with Crippen molar-refractivity contribution in [1.29, 1.82) is 0 Å². The van der Waals surface area contributed by atoms with Crippen molar-refractivity contribution in [3.8, 4) is 23.0 Å². The average molecular weight is 501 g/mol. The van der Waals surface area contributed by atoms with Crippen molar-refractivity contribution in [3.63, 3.8) is 0 Å². The van der Waals surface area contributed by atoms with Gasteiger partial charge in [0.1, 0.15) is 0 Å². The number of carbonyl (C=O) groups excluding carboxylic acids is 1. The SMILES string of the molecule is COc1ccc(C[C@@H]2c3cc(OC)c(OC)cc3CCN2C(=O)c2cn(C)c3ccccc23)cc1OC. The third-order valence-corrected chi connectivity index (χ3v) is 7.27. The molecule has 1 amide bonds.